The van der Waals surface area contributed by atoms with Crippen LogP contribution in [0.25, 0.3) is 0 Å². The highest BCUT2D eigenvalue weighted by Crippen LogP contribution is 2.33. The van der Waals surface area contributed by atoms with Gasteiger partial charge >= 0.3 is 0 Å². The van der Waals surface area contributed by atoms with Crippen LogP contribution in [-0.4, -0.2) is 31.3 Å². The van der Waals surface area contributed by atoms with Gasteiger partial charge in [-0.25, -0.2) is 0 Å². The van der Waals surface area contributed by atoms with Gasteiger partial charge in [0, 0.05) is 28.6 Å². The Labute approximate surface area is 133 Å². The van der Waals surface area contributed by atoms with Crippen LogP contribution in [0, 0.1) is 0 Å². The molecule has 0 saturated heterocycles. The molecule has 0 unspecified atom stereocenters. The lowest BCUT2D eigenvalue weighted by Crippen LogP contribution is -2.40. The van der Waals surface area contributed by atoms with Crippen molar-refractivity contribution in [3.63, 3.8) is 0 Å². The van der Waals surface area contributed by atoms with Crippen molar-refractivity contribution in [3.8, 4) is 0 Å². The third kappa shape index (κ3) is 3.80. The molecule has 3 nitrogen and oxygen atoms in total. The molecule has 0 atom stereocenters. The van der Waals surface area contributed by atoms with Gasteiger partial charge in [-0.15, -0.1) is 23.1 Å². The second-order valence-corrected chi connectivity index (χ2v) is 7.09. The molecule has 1 N–H and O–H groups in total. The fourth-order valence-electron chi connectivity index (χ4n) is 2.40. The van der Waals surface area contributed by atoms with E-state index in [0.29, 0.717) is 13.1 Å². The number of thiophene rings is 1. The number of nitrogens with one attached hydrogen (secondary N) is 1. The number of hydrogen-bond acceptors (Lipinski definition) is 4. The third-order valence-electron chi connectivity index (χ3n) is 3.43. The summed E-state index contributed by atoms with van der Waals surface area (Å²) in [4.78, 5) is 16.9. The number of para-hydroxylation sites is 1. The molecule has 0 fully saturated rings. The number of anilines is 1. The van der Waals surface area contributed by atoms with Crippen LogP contribution in [0.15, 0.2) is 46.7 Å². The van der Waals surface area contributed by atoms with Gasteiger partial charge in [0.25, 0.3) is 0 Å². The van der Waals surface area contributed by atoms with E-state index < -0.39 is 0 Å². The smallest absolute Gasteiger partial charge is 0.239 e. The highest BCUT2D eigenvalue weighted by Gasteiger charge is 2.18. The van der Waals surface area contributed by atoms with Crippen molar-refractivity contribution in [1.29, 1.82) is 0 Å². The molecule has 0 aliphatic carbocycles. The molecule has 2 heterocycles. The Morgan fingerprint density at radius 1 is 1.24 bits per heavy atom. The topological polar surface area (TPSA) is 32.3 Å². The maximum atomic E-state index is 12.1. The molecular weight excluding hydrogens is 300 g/mol. The van der Waals surface area contributed by atoms with E-state index in [1.165, 1.54) is 15.5 Å². The van der Waals surface area contributed by atoms with Crippen LogP contribution >= 0.6 is 23.1 Å². The largest absolute Gasteiger partial charge is 0.360 e. The first kappa shape index (κ1) is 14.5. The number of thioether (sulfide) groups is 1. The minimum Gasteiger partial charge on any atom is -0.360 e. The zero-order valence-electron chi connectivity index (χ0n) is 11.7. The minimum absolute atomic E-state index is 0.105. The summed E-state index contributed by atoms with van der Waals surface area (Å²) in [6, 6.07) is 12.5. The summed E-state index contributed by atoms with van der Waals surface area (Å²) in [7, 11) is 0. The molecule has 0 radical (unpaired) electrons. The van der Waals surface area contributed by atoms with Gasteiger partial charge in [-0.1, -0.05) is 18.2 Å². The number of hydrogen-bond donors (Lipinski definition) is 1. The second kappa shape index (κ2) is 7.00. The molecule has 1 aliphatic rings. The Kier molecular flexibility index (Phi) is 4.83. The van der Waals surface area contributed by atoms with Crippen LogP contribution in [0.1, 0.15) is 4.88 Å². The average Bonchev–Trinajstić information content (AvgIpc) is 3.01. The normalized spacial score (nSPS) is 13.8. The average molecular weight is 318 g/mol. The van der Waals surface area contributed by atoms with Crippen molar-refractivity contribution in [2.24, 2.45) is 0 Å². The summed E-state index contributed by atoms with van der Waals surface area (Å²) in [6.07, 6.45) is 0.913. The molecule has 0 spiro atoms. The summed E-state index contributed by atoms with van der Waals surface area (Å²) < 4.78 is 0. The van der Waals surface area contributed by atoms with Crippen LogP contribution in [0.3, 0.4) is 0 Å². The van der Waals surface area contributed by atoms with Gasteiger partial charge in [-0.3, -0.25) is 4.79 Å². The fourth-order valence-corrected chi connectivity index (χ4v) is 4.16. The van der Waals surface area contributed by atoms with Gasteiger partial charge in [0.1, 0.15) is 0 Å². The summed E-state index contributed by atoms with van der Waals surface area (Å²) in [6.45, 7) is 2.09. The number of nitrogens with zero attached hydrogens (tertiary/aromatic N) is 1. The van der Waals surface area contributed by atoms with E-state index >= 15 is 0 Å². The molecule has 110 valence electrons. The number of rotatable bonds is 5. The minimum atomic E-state index is 0.105. The zero-order chi connectivity index (χ0) is 14.5. The van der Waals surface area contributed by atoms with Crippen molar-refractivity contribution in [3.05, 3.63) is 46.7 Å². The Hall–Kier alpha value is -1.46. The molecule has 2 aromatic rings. The summed E-state index contributed by atoms with van der Waals surface area (Å²) in [5.41, 5.74) is 1.18. The van der Waals surface area contributed by atoms with Gasteiger partial charge in [0.15, 0.2) is 0 Å². The zero-order valence-corrected chi connectivity index (χ0v) is 13.4. The quantitative estimate of drug-likeness (QED) is 0.920. The van der Waals surface area contributed by atoms with E-state index in [9.17, 15) is 4.79 Å². The van der Waals surface area contributed by atoms with Crippen molar-refractivity contribution >= 4 is 34.7 Å². The molecular formula is C16H18N2OS2. The standard InChI is InChI=1S/C16H18N2OS2/c19-16(17-8-7-13-4-3-10-20-13)12-18-9-11-21-15-6-2-1-5-14(15)18/h1-6,10H,7-9,11-12H2,(H,17,19). The molecule has 1 aliphatic heterocycles. The molecule has 0 bridgehead atoms. The Balaban J connectivity index is 1.51. The predicted molar refractivity (Wildman–Crippen MR) is 90.4 cm³/mol. The highest BCUT2D eigenvalue weighted by atomic mass is 32.2. The molecule has 1 aromatic carbocycles. The molecule has 21 heavy (non-hydrogen) atoms. The van der Waals surface area contributed by atoms with E-state index in [-0.39, 0.29) is 5.91 Å². The van der Waals surface area contributed by atoms with Crippen LogP contribution in [0.5, 0.6) is 0 Å². The molecule has 0 saturated carbocycles. The van der Waals surface area contributed by atoms with Crippen molar-refractivity contribution in [1.82, 2.24) is 5.32 Å². The molecule has 3 rings (SSSR count). The summed E-state index contributed by atoms with van der Waals surface area (Å²) >= 11 is 3.60. The van der Waals surface area contributed by atoms with Gasteiger partial charge in [0.2, 0.25) is 5.91 Å². The van der Waals surface area contributed by atoms with E-state index in [1.807, 2.05) is 23.9 Å². The molecule has 5 heteroatoms. The van der Waals surface area contributed by atoms with Crippen molar-refractivity contribution < 1.29 is 4.79 Å². The summed E-state index contributed by atoms with van der Waals surface area (Å²) in [5, 5.41) is 5.09. The number of carbonyl (C=O) groups is 1. The van der Waals surface area contributed by atoms with Crippen LogP contribution in [0.4, 0.5) is 5.69 Å². The maximum Gasteiger partial charge on any atom is 0.239 e. The third-order valence-corrected chi connectivity index (χ3v) is 5.41. The predicted octanol–water partition coefficient (Wildman–Crippen LogP) is 3.02. The number of carbonyl (C=O) groups excluding carboxylic acids is 1. The fraction of sp³-hybridized carbons (Fsp3) is 0.312. The molecule has 1 amide bonds. The number of benzene rings is 1. The summed E-state index contributed by atoms with van der Waals surface area (Å²) in [5.74, 6) is 1.15. The van der Waals surface area contributed by atoms with Gasteiger partial charge in [0.05, 0.1) is 12.2 Å². The monoisotopic (exact) mass is 318 g/mol. The van der Waals surface area contributed by atoms with E-state index in [4.69, 9.17) is 0 Å². The SMILES string of the molecule is O=C(CN1CCSc2ccccc21)NCCc1cccs1. The lowest BCUT2D eigenvalue weighted by molar-refractivity contribution is -0.119. The van der Waals surface area contributed by atoms with E-state index in [2.05, 4.69) is 39.9 Å². The van der Waals surface area contributed by atoms with Crippen molar-refractivity contribution in [2.75, 3.05) is 30.3 Å². The van der Waals surface area contributed by atoms with Crippen LogP contribution in [-0.2, 0) is 11.2 Å². The Morgan fingerprint density at radius 3 is 3.00 bits per heavy atom. The van der Waals surface area contributed by atoms with E-state index in [1.54, 1.807) is 11.3 Å². The lowest BCUT2D eigenvalue weighted by atomic mass is 10.2. The van der Waals surface area contributed by atoms with Crippen LogP contribution in [0.2, 0.25) is 0 Å². The number of amides is 1. The van der Waals surface area contributed by atoms with Gasteiger partial charge in [-0.2, -0.15) is 0 Å². The Bertz CT molecular complexity index is 598. The van der Waals surface area contributed by atoms with Crippen molar-refractivity contribution in [2.45, 2.75) is 11.3 Å². The highest BCUT2D eigenvalue weighted by molar-refractivity contribution is 7.99. The van der Waals surface area contributed by atoms with Gasteiger partial charge < -0.3 is 10.2 Å². The maximum absolute atomic E-state index is 12.1. The van der Waals surface area contributed by atoms with Crippen LogP contribution < -0.4 is 10.2 Å². The first-order valence-corrected chi connectivity index (χ1v) is 8.95. The Morgan fingerprint density at radius 2 is 2.14 bits per heavy atom. The second-order valence-electron chi connectivity index (χ2n) is 4.92. The molecule has 1 aromatic heterocycles. The number of fused-ring (bicyclic) bond motifs is 1. The van der Waals surface area contributed by atoms with Gasteiger partial charge in [-0.05, 0) is 30.0 Å². The first-order valence-electron chi connectivity index (χ1n) is 7.09. The first-order chi connectivity index (χ1) is 10.3. The van der Waals surface area contributed by atoms with E-state index in [0.717, 1.165) is 18.7 Å². The lowest BCUT2D eigenvalue weighted by Gasteiger charge is -2.30.